The predicted molar refractivity (Wildman–Crippen MR) is 101 cm³/mol. The minimum Gasteiger partial charge on any atom is -0.214 e. The summed E-state index contributed by atoms with van der Waals surface area (Å²) in [4.78, 5) is 2.52. The van der Waals surface area contributed by atoms with Crippen LogP contribution in [0.15, 0.2) is 57.4 Å². The summed E-state index contributed by atoms with van der Waals surface area (Å²) >= 11 is 0. The second-order valence-corrected chi connectivity index (χ2v) is 9.31. The van der Waals surface area contributed by atoms with E-state index in [1.165, 1.54) is 19.2 Å². The number of benzene rings is 2. The van der Waals surface area contributed by atoms with Crippen molar-refractivity contribution in [2.24, 2.45) is 5.10 Å². The first-order valence-corrected chi connectivity index (χ1v) is 10.7. The summed E-state index contributed by atoms with van der Waals surface area (Å²) in [7, 11) is -5.99. The number of aryl methyl sites for hydroxylation is 2. The highest BCUT2D eigenvalue weighted by atomic mass is 32.2. The Bertz CT molecular complexity index is 1040. The van der Waals surface area contributed by atoms with Gasteiger partial charge in [-0.2, -0.15) is 18.4 Å². The van der Waals surface area contributed by atoms with E-state index in [0.29, 0.717) is 16.8 Å². The highest BCUT2D eigenvalue weighted by Crippen LogP contribution is 2.17. The molecule has 0 radical (unpaired) electrons. The molecule has 26 heavy (non-hydrogen) atoms. The summed E-state index contributed by atoms with van der Waals surface area (Å²) in [6.07, 6.45) is 0. The molecule has 0 amide bonds. The van der Waals surface area contributed by atoms with E-state index in [9.17, 15) is 16.8 Å². The predicted octanol–water partition coefficient (Wildman–Crippen LogP) is 1.91. The zero-order valence-electron chi connectivity index (χ0n) is 14.9. The lowest BCUT2D eigenvalue weighted by Gasteiger charge is -2.09. The Morgan fingerprint density at radius 3 is 2.12 bits per heavy atom. The first-order chi connectivity index (χ1) is 12.1. The fourth-order valence-corrected chi connectivity index (χ4v) is 4.15. The Hall–Kier alpha value is -2.23. The lowest BCUT2D eigenvalue weighted by molar-refractivity contribution is 0.583. The molecule has 2 N–H and O–H groups in total. The van der Waals surface area contributed by atoms with Crippen LogP contribution in [-0.4, -0.2) is 29.6 Å². The summed E-state index contributed by atoms with van der Waals surface area (Å²) in [6, 6.07) is 11.1. The third-order valence-corrected chi connectivity index (χ3v) is 6.60. The standard InChI is InChI=1S/C17H21N3O4S2/c1-12-5-6-13(2)17(11-12)26(23,24)20-19-14(3)15-7-9-16(10-8-15)25(21,22)18-4/h5-11,18,20H,1-4H3/b19-14+. The van der Waals surface area contributed by atoms with E-state index in [2.05, 4.69) is 14.7 Å². The maximum Gasteiger partial charge on any atom is 0.276 e. The molecular weight excluding hydrogens is 374 g/mol. The third kappa shape index (κ3) is 4.48. The average Bonchev–Trinajstić information content (AvgIpc) is 2.61. The van der Waals surface area contributed by atoms with Crippen LogP contribution in [0.2, 0.25) is 0 Å². The molecule has 0 aliphatic heterocycles. The summed E-state index contributed by atoms with van der Waals surface area (Å²) in [5, 5.41) is 3.94. The molecule has 9 heteroatoms. The summed E-state index contributed by atoms with van der Waals surface area (Å²) in [6.45, 7) is 5.16. The van der Waals surface area contributed by atoms with Gasteiger partial charge in [-0.3, -0.25) is 0 Å². The van der Waals surface area contributed by atoms with Gasteiger partial charge in [0.2, 0.25) is 10.0 Å². The van der Waals surface area contributed by atoms with Gasteiger partial charge in [-0.1, -0.05) is 24.3 Å². The minimum atomic E-state index is -3.80. The molecule has 0 spiro atoms. The maximum atomic E-state index is 12.5. The van der Waals surface area contributed by atoms with Crippen LogP contribution in [0.1, 0.15) is 23.6 Å². The smallest absolute Gasteiger partial charge is 0.214 e. The van der Waals surface area contributed by atoms with Gasteiger partial charge in [-0.05, 0) is 62.7 Å². The van der Waals surface area contributed by atoms with Crippen molar-refractivity contribution in [3.63, 3.8) is 0 Å². The molecule has 2 rings (SSSR count). The number of rotatable bonds is 6. The lowest BCUT2D eigenvalue weighted by atomic mass is 10.1. The molecule has 0 saturated heterocycles. The van der Waals surface area contributed by atoms with E-state index in [4.69, 9.17) is 0 Å². The van der Waals surface area contributed by atoms with Gasteiger partial charge in [0.1, 0.15) is 0 Å². The van der Waals surface area contributed by atoms with E-state index in [1.807, 2.05) is 13.0 Å². The van der Waals surface area contributed by atoms with E-state index in [1.54, 1.807) is 38.1 Å². The lowest BCUT2D eigenvalue weighted by Crippen LogP contribution is -2.21. The summed E-state index contributed by atoms with van der Waals surface area (Å²) in [5.41, 5.74) is 2.46. The van der Waals surface area contributed by atoms with Crippen LogP contribution < -0.4 is 9.55 Å². The number of nitrogens with one attached hydrogen (secondary N) is 2. The second kappa shape index (κ2) is 7.56. The normalized spacial score (nSPS) is 12.8. The topological polar surface area (TPSA) is 105 Å². The molecule has 7 nitrogen and oxygen atoms in total. The molecule has 0 fully saturated rings. The monoisotopic (exact) mass is 395 g/mol. The van der Waals surface area contributed by atoms with Crippen molar-refractivity contribution < 1.29 is 16.8 Å². The van der Waals surface area contributed by atoms with Crippen molar-refractivity contribution in [1.82, 2.24) is 9.55 Å². The van der Waals surface area contributed by atoms with Gasteiger partial charge >= 0.3 is 0 Å². The fraction of sp³-hybridized carbons (Fsp3) is 0.235. The van der Waals surface area contributed by atoms with E-state index in [-0.39, 0.29) is 9.79 Å². The van der Waals surface area contributed by atoms with Crippen LogP contribution in [0.25, 0.3) is 0 Å². The van der Waals surface area contributed by atoms with Gasteiger partial charge in [-0.15, -0.1) is 0 Å². The molecule has 0 aromatic heterocycles. The zero-order valence-corrected chi connectivity index (χ0v) is 16.6. The maximum absolute atomic E-state index is 12.5. The number of hydrogen-bond acceptors (Lipinski definition) is 5. The van der Waals surface area contributed by atoms with Crippen LogP contribution in [0.4, 0.5) is 0 Å². The summed E-state index contributed by atoms with van der Waals surface area (Å²) < 4.78 is 50.6. The highest BCUT2D eigenvalue weighted by molar-refractivity contribution is 7.89. The number of nitrogens with zero attached hydrogens (tertiary/aromatic N) is 1. The number of hydrazone groups is 1. The molecule has 0 heterocycles. The minimum absolute atomic E-state index is 0.118. The van der Waals surface area contributed by atoms with Gasteiger partial charge in [0.05, 0.1) is 15.5 Å². The van der Waals surface area contributed by atoms with Gasteiger partial charge in [0.25, 0.3) is 10.0 Å². The van der Waals surface area contributed by atoms with Gasteiger partial charge in [0.15, 0.2) is 0 Å². The number of hydrogen-bond donors (Lipinski definition) is 2. The molecule has 140 valence electrons. The van der Waals surface area contributed by atoms with E-state index < -0.39 is 20.0 Å². The first kappa shape index (κ1) is 20.1. The average molecular weight is 396 g/mol. The van der Waals surface area contributed by atoms with Crippen LogP contribution in [0, 0.1) is 13.8 Å². The highest BCUT2D eigenvalue weighted by Gasteiger charge is 2.16. The molecule has 0 aliphatic rings. The van der Waals surface area contributed by atoms with Crippen molar-refractivity contribution in [2.75, 3.05) is 7.05 Å². The quantitative estimate of drug-likeness (QED) is 0.576. The molecule has 0 atom stereocenters. The SMILES string of the molecule is CNS(=O)(=O)c1ccc(/C(C)=N/NS(=O)(=O)c2cc(C)ccc2C)cc1. The van der Waals surface area contributed by atoms with Crippen molar-refractivity contribution >= 4 is 25.8 Å². The molecular formula is C17H21N3O4S2. The van der Waals surface area contributed by atoms with Gasteiger partial charge < -0.3 is 0 Å². The van der Waals surface area contributed by atoms with Gasteiger partial charge in [-0.25, -0.2) is 13.1 Å². The van der Waals surface area contributed by atoms with Crippen molar-refractivity contribution in [1.29, 1.82) is 0 Å². The van der Waals surface area contributed by atoms with Crippen LogP contribution in [0.5, 0.6) is 0 Å². The zero-order chi connectivity index (χ0) is 19.5. The Morgan fingerprint density at radius 2 is 1.54 bits per heavy atom. The largest absolute Gasteiger partial charge is 0.276 e. The second-order valence-electron chi connectivity index (χ2n) is 5.79. The molecule has 0 unspecified atom stereocenters. The first-order valence-electron chi connectivity index (χ1n) is 7.74. The number of sulfonamides is 2. The van der Waals surface area contributed by atoms with Crippen LogP contribution in [0.3, 0.4) is 0 Å². The fourth-order valence-electron chi connectivity index (χ4n) is 2.23. The Kier molecular flexibility index (Phi) is 5.84. The molecule has 2 aromatic carbocycles. The van der Waals surface area contributed by atoms with Crippen molar-refractivity contribution in [3.05, 3.63) is 59.2 Å². The van der Waals surface area contributed by atoms with Gasteiger partial charge in [0, 0.05) is 0 Å². The van der Waals surface area contributed by atoms with E-state index >= 15 is 0 Å². The van der Waals surface area contributed by atoms with Crippen LogP contribution in [-0.2, 0) is 20.0 Å². The molecule has 0 bridgehead atoms. The molecule has 2 aromatic rings. The van der Waals surface area contributed by atoms with Crippen molar-refractivity contribution in [3.8, 4) is 0 Å². The van der Waals surface area contributed by atoms with Crippen molar-refractivity contribution in [2.45, 2.75) is 30.6 Å². The Balaban J connectivity index is 2.26. The molecule has 0 aliphatic carbocycles. The molecule has 0 saturated carbocycles. The summed E-state index contributed by atoms with van der Waals surface area (Å²) in [5.74, 6) is 0. The Morgan fingerprint density at radius 1 is 0.923 bits per heavy atom. The van der Waals surface area contributed by atoms with E-state index in [0.717, 1.165) is 5.56 Å². The third-order valence-electron chi connectivity index (χ3n) is 3.82. The Labute approximate surface area is 154 Å². The van der Waals surface area contributed by atoms with Crippen LogP contribution >= 0.6 is 0 Å².